The maximum Gasteiger partial charge on any atom is 0.257 e. The molecule has 1 amide bonds. The van der Waals surface area contributed by atoms with Gasteiger partial charge in [-0.25, -0.2) is 9.37 Å². The largest absolute Gasteiger partial charge is 0.447 e. The number of halogens is 1. The Balaban J connectivity index is 1.40. The van der Waals surface area contributed by atoms with Gasteiger partial charge in [0.2, 0.25) is 0 Å². The molecule has 0 radical (unpaired) electrons. The Bertz CT molecular complexity index is 1210. The fraction of sp³-hybridized carbons (Fsp3) is 0.0833. The maximum absolute atomic E-state index is 13.4. The Morgan fingerprint density at radius 3 is 2.69 bits per heavy atom. The molecule has 0 aliphatic rings. The fourth-order valence-electron chi connectivity index (χ4n) is 3.08. The summed E-state index contributed by atoms with van der Waals surface area (Å²) in [6.07, 6.45) is 1.52. The number of ether oxygens (including phenoxy) is 1. The summed E-state index contributed by atoms with van der Waals surface area (Å²) in [4.78, 5) is 17.8. The standard InChI is InChI=1S/C24H21FN4O2S/c25-17-6-4-5-16(13-17)14-28-20-11-12-27-23(26)22(20)24(30)29-15-19-9-10-21(32-19)31-18-7-2-1-3-8-18/h1-13H,14-15H2,(H,29,30)(H3,26,27,28). The van der Waals surface area contributed by atoms with Gasteiger partial charge in [-0.05, 0) is 48.0 Å². The molecular formula is C24H21FN4O2S. The Labute approximate surface area is 188 Å². The lowest BCUT2D eigenvalue weighted by molar-refractivity contribution is 0.0952. The van der Waals surface area contributed by atoms with E-state index < -0.39 is 0 Å². The summed E-state index contributed by atoms with van der Waals surface area (Å²) >= 11 is 1.45. The fourth-order valence-corrected chi connectivity index (χ4v) is 3.89. The number of anilines is 2. The van der Waals surface area contributed by atoms with Gasteiger partial charge in [0.15, 0.2) is 5.06 Å². The lowest BCUT2D eigenvalue weighted by Crippen LogP contribution is -2.25. The van der Waals surface area contributed by atoms with E-state index in [1.807, 2.05) is 42.5 Å². The minimum absolute atomic E-state index is 0.117. The second-order valence-corrected chi connectivity index (χ2v) is 8.05. The molecule has 0 saturated carbocycles. The van der Waals surface area contributed by atoms with E-state index in [9.17, 15) is 9.18 Å². The minimum Gasteiger partial charge on any atom is -0.447 e. The monoisotopic (exact) mass is 448 g/mol. The van der Waals surface area contributed by atoms with Crippen LogP contribution in [0.3, 0.4) is 0 Å². The number of aromatic nitrogens is 1. The third-order valence-corrected chi connectivity index (χ3v) is 5.56. The van der Waals surface area contributed by atoms with Crippen molar-refractivity contribution in [2.75, 3.05) is 11.1 Å². The third-order valence-electron chi connectivity index (χ3n) is 4.60. The number of carbonyl (C=O) groups excluding carboxylic acids is 1. The van der Waals surface area contributed by atoms with E-state index >= 15 is 0 Å². The summed E-state index contributed by atoms with van der Waals surface area (Å²) in [5.41, 5.74) is 7.51. The third kappa shape index (κ3) is 5.41. The Hall–Kier alpha value is -3.91. The number of rotatable bonds is 8. The maximum atomic E-state index is 13.4. The SMILES string of the molecule is Nc1nccc(NCc2cccc(F)c2)c1C(=O)NCc1ccc(Oc2ccccc2)s1. The van der Waals surface area contributed by atoms with Crippen LogP contribution < -0.4 is 21.1 Å². The number of hydrogen-bond donors (Lipinski definition) is 3. The summed E-state index contributed by atoms with van der Waals surface area (Å²) in [5.74, 6) is 0.201. The zero-order valence-corrected chi connectivity index (χ0v) is 17.9. The van der Waals surface area contributed by atoms with Gasteiger partial charge in [0.05, 0.1) is 12.2 Å². The average Bonchev–Trinajstić information content (AvgIpc) is 3.24. The van der Waals surface area contributed by atoms with Crippen LogP contribution in [0, 0.1) is 5.82 Å². The topological polar surface area (TPSA) is 89.3 Å². The molecule has 0 saturated heterocycles. The summed E-state index contributed by atoms with van der Waals surface area (Å²) in [6, 6.07) is 21.2. The van der Waals surface area contributed by atoms with E-state index in [1.54, 1.807) is 18.2 Å². The molecule has 2 heterocycles. The molecule has 0 unspecified atom stereocenters. The van der Waals surface area contributed by atoms with Crippen molar-refractivity contribution in [1.82, 2.24) is 10.3 Å². The van der Waals surface area contributed by atoms with E-state index in [2.05, 4.69) is 15.6 Å². The van der Waals surface area contributed by atoms with E-state index in [1.165, 1.54) is 29.7 Å². The molecular weight excluding hydrogens is 427 g/mol. The first-order chi connectivity index (χ1) is 15.6. The van der Waals surface area contributed by atoms with Crippen molar-refractivity contribution >= 4 is 28.7 Å². The average molecular weight is 449 g/mol. The normalized spacial score (nSPS) is 10.5. The highest BCUT2D eigenvalue weighted by molar-refractivity contribution is 7.13. The van der Waals surface area contributed by atoms with E-state index in [0.29, 0.717) is 18.8 Å². The number of pyridine rings is 1. The zero-order valence-electron chi connectivity index (χ0n) is 17.0. The first-order valence-electron chi connectivity index (χ1n) is 9.91. The van der Waals surface area contributed by atoms with Gasteiger partial charge in [-0.15, -0.1) is 11.3 Å². The zero-order chi connectivity index (χ0) is 22.3. The Morgan fingerprint density at radius 2 is 1.88 bits per heavy atom. The van der Waals surface area contributed by atoms with Gasteiger partial charge in [-0.1, -0.05) is 30.3 Å². The highest BCUT2D eigenvalue weighted by Crippen LogP contribution is 2.29. The molecule has 0 spiro atoms. The molecule has 4 rings (SSSR count). The van der Waals surface area contributed by atoms with Crippen LogP contribution >= 0.6 is 11.3 Å². The summed E-state index contributed by atoms with van der Waals surface area (Å²) in [5, 5.41) is 6.76. The van der Waals surface area contributed by atoms with Crippen LogP contribution in [0.5, 0.6) is 10.8 Å². The molecule has 4 N–H and O–H groups in total. The second-order valence-electron chi connectivity index (χ2n) is 6.92. The number of thiophene rings is 1. The van der Waals surface area contributed by atoms with Crippen molar-refractivity contribution in [3.63, 3.8) is 0 Å². The number of nitrogens with one attached hydrogen (secondary N) is 2. The quantitative estimate of drug-likeness (QED) is 0.345. The minimum atomic E-state index is -0.351. The summed E-state index contributed by atoms with van der Waals surface area (Å²) in [7, 11) is 0. The van der Waals surface area contributed by atoms with Crippen molar-refractivity contribution in [2.45, 2.75) is 13.1 Å². The number of benzene rings is 2. The molecule has 8 heteroatoms. The van der Waals surface area contributed by atoms with Crippen LogP contribution in [-0.2, 0) is 13.1 Å². The van der Waals surface area contributed by atoms with Gasteiger partial charge in [-0.2, -0.15) is 0 Å². The lowest BCUT2D eigenvalue weighted by atomic mass is 10.1. The van der Waals surface area contributed by atoms with Crippen molar-refractivity contribution in [2.24, 2.45) is 0 Å². The van der Waals surface area contributed by atoms with Crippen LogP contribution in [0.1, 0.15) is 20.8 Å². The molecule has 2 aromatic carbocycles. The second kappa shape index (κ2) is 9.93. The number of nitrogen functional groups attached to an aromatic ring is 1. The van der Waals surface area contributed by atoms with Gasteiger partial charge in [0, 0.05) is 17.6 Å². The number of nitrogens with two attached hydrogens (primary N) is 1. The van der Waals surface area contributed by atoms with Crippen molar-refractivity contribution in [3.05, 3.63) is 101 Å². The van der Waals surface area contributed by atoms with Crippen molar-refractivity contribution < 1.29 is 13.9 Å². The van der Waals surface area contributed by atoms with Crippen molar-refractivity contribution in [3.8, 4) is 10.8 Å². The summed E-state index contributed by atoms with van der Waals surface area (Å²) in [6.45, 7) is 0.659. The lowest BCUT2D eigenvalue weighted by Gasteiger charge is -2.13. The van der Waals surface area contributed by atoms with E-state index in [0.717, 1.165) is 21.3 Å². The summed E-state index contributed by atoms with van der Waals surface area (Å²) < 4.78 is 19.2. The number of para-hydroxylation sites is 1. The van der Waals surface area contributed by atoms with Crippen LogP contribution in [0.15, 0.2) is 79.0 Å². The number of carbonyl (C=O) groups is 1. The molecule has 0 atom stereocenters. The molecule has 4 aromatic rings. The Kier molecular flexibility index (Phi) is 6.62. The number of hydrogen-bond acceptors (Lipinski definition) is 6. The smallest absolute Gasteiger partial charge is 0.257 e. The molecule has 0 aliphatic heterocycles. The van der Waals surface area contributed by atoms with Gasteiger partial charge < -0.3 is 21.1 Å². The molecule has 0 aliphatic carbocycles. The van der Waals surface area contributed by atoms with Gasteiger partial charge in [0.1, 0.15) is 22.9 Å². The Morgan fingerprint density at radius 1 is 1.03 bits per heavy atom. The molecule has 0 fully saturated rings. The van der Waals surface area contributed by atoms with E-state index in [-0.39, 0.29) is 23.1 Å². The molecule has 2 aromatic heterocycles. The molecule has 32 heavy (non-hydrogen) atoms. The van der Waals surface area contributed by atoms with Gasteiger partial charge in [0.25, 0.3) is 5.91 Å². The molecule has 6 nitrogen and oxygen atoms in total. The first-order valence-corrected chi connectivity index (χ1v) is 10.7. The predicted octanol–water partition coefficient (Wildman–Crippen LogP) is 5.20. The van der Waals surface area contributed by atoms with Crippen molar-refractivity contribution in [1.29, 1.82) is 0 Å². The van der Waals surface area contributed by atoms with Crippen LogP contribution in [-0.4, -0.2) is 10.9 Å². The molecule has 162 valence electrons. The molecule has 0 bridgehead atoms. The number of nitrogens with zero attached hydrogens (tertiary/aromatic N) is 1. The van der Waals surface area contributed by atoms with Crippen LogP contribution in [0.2, 0.25) is 0 Å². The highest BCUT2D eigenvalue weighted by atomic mass is 32.1. The van der Waals surface area contributed by atoms with Gasteiger partial charge in [-0.3, -0.25) is 4.79 Å². The first kappa shape index (κ1) is 21.3. The number of amides is 1. The van der Waals surface area contributed by atoms with E-state index in [4.69, 9.17) is 10.5 Å². The van der Waals surface area contributed by atoms with Gasteiger partial charge >= 0.3 is 0 Å². The predicted molar refractivity (Wildman–Crippen MR) is 124 cm³/mol. The van der Waals surface area contributed by atoms with Crippen LogP contribution in [0.4, 0.5) is 15.9 Å². The van der Waals surface area contributed by atoms with Crippen LogP contribution in [0.25, 0.3) is 0 Å². The highest BCUT2D eigenvalue weighted by Gasteiger charge is 2.16.